The van der Waals surface area contributed by atoms with Crippen molar-refractivity contribution >= 4 is 162 Å². The maximum Gasteiger partial charge on any atom is 0.161 e. The summed E-state index contributed by atoms with van der Waals surface area (Å²) in [5.41, 5.74) is 20.9. The molecule has 0 radical (unpaired) electrons. The Bertz CT molecular complexity index is 9440. The zero-order valence-corrected chi connectivity index (χ0v) is 77.8. The van der Waals surface area contributed by atoms with Gasteiger partial charge in [0, 0.05) is 96.6 Å². The van der Waals surface area contributed by atoms with Crippen LogP contribution in [0.15, 0.2) is 498 Å². The Morgan fingerprint density at radius 1 is 0.139 bits per heavy atom. The van der Waals surface area contributed by atoms with Crippen LogP contribution in [0.25, 0.3) is 286 Å². The summed E-state index contributed by atoms with van der Waals surface area (Å²) >= 11 is 0. The number of hydrogen-bond acceptors (Lipinski definition) is 10. The van der Waals surface area contributed by atoms with Crippen LogP contribution < -0.4 is 0 Å². The smallest absolute Gasteiger partial charge is 0.161 e. The van der Waals surface area contributed by atoms with Crippen LogP contribution >= 0.6 is 0 Å². The summed E-state index contributed by atoms with van der Waals surface area (Å²) < 4.78 is 0. The molecule has 29 aromatic rings. The minimum Gasteiger partial charge on any atom is -0.264 e. The van der Waals surface area contributed by atoms with E-state index in [4.69, 9.17) is 29.9 Å². The fourth-order valence-electron chi connectivity index (χ4n) is 20.7. The number of hydrogen-bond donors (Lipinski definition) is 0. The van der Waals surface area contributed by atoms with E-state index in [-0.39, 0.29) is 0 Å². The molecule has 29 rings (SSSR count). The second-order valence-electron chi connectivity index (χ2n) is 37.2. The second kappa shape index (κ2) is 35.5. The van der Waals surface area contributed by atoms with Gasteiger partial charge in [0.2, 0.25) is 0 Å². The van der Waals surface area contributed by atoms with Crippen molar-refractivity contribution in [2.24, 2.45) is 0 Å². The van der Waals surface area contributed by atoms with Gasteiger partial charge in [0.1, 0.15) is 6.33 Å². The van der Waals surface area contributed by atoms with E-state index in [2.05, 4.69) is 463 Å². The Morgan fingerprint density at radius 2 is 0.410 bits per heavy atom. The van der Waals surface area contributed by atoms with E-state index in [0.29, 0.717) is 17.5 Å². The van der Waals surface area contributed by atoms with Crippen LogP contribution in [0.4, 0.5) is 0 Å². The average molecular weight is 1830 g/mol. The predicted octanol–water partition coefficient (Wildman–Crippen LogP) is 34.6. The number of nitrogens with zero attached hydrogens (tertiary/aromatic N) is 10. The molecule has 0 aliphatic heterocycles. The first-order valence-corrected chi connectivity index (χ1v) is 48.5. The van der Waals surface area contributed by atoms with Gasteiger partial charge in [-0.3, -0.25) is 9.97 Å². The fourth-order valence-corrected chi connectivity index (χ4v) is 20.7. The predicted molar refractivity (Wildman–Crippen MR) is 600 cm³/mol. The van der Waals surface area contributed by atoms with Crippen LogP contribution in [0, 0.1) is 0 Å². The summed E-state index contributed by atoms with van der Waals surface area (Å²) in [6.07, 6.45) is 9.04. The lowest BCUT2D eigenvalue weighted by Crippen LogP contribution is -1.97. The summed E-state index contributed by atoms with van der Waals surface area (Å²) in [6, 6.07) is 166. The second-order valence-corrected chi connectivity index (χ2v) is 37.2. The topological polar surface area (TPSA) is 129 Å². The van der Waals surface area contributed by atoms with Gasteiger partial charge in [-0.2, -0.15) is 0 Å². The molecule has 23 aromatic carbocycles. The van der Waals surface area contributed by atoms with Crippen LogP contribution in [0.5, 0.6) is 0 Å². The molecular formula is C134H82N10. The van der Waals surface area contributed by atoms with Gasteiger partial charge in [-0.25, -0.2) is 39.9 Å². The summed E-state index contributed by atoms with van der Waals surface area (Å²) in [7, 11) is 0. The summed E-state index contributed by atoms with van der Waals surface area (Å²) in [5.74, 6) is 2.04. The molecule has 0 N–H and O–H groups in total. The van der Waals surface area contributed by atoms with Gasteiger partial charge in [-0.1, -0.05) is 322 Å². The molecule has 10 heteroatoms. The van der Waals surface area contributed by atoms with E-state index in [1.807, 2.05) is 49.1 Å². The molecule has 144 heavy (non-hydrogen) atoms. The normalized spacial score (nSPS) is 11.6. The molecule has 0 amide bonds. The van der Waals surface area contributed by atoms with E-state index in [0.717, 1.165) is 128 Å². The number of pyridine rings is 2. The zero-order chi connectivity index (χ0) is 95.1. The number of fused-ring (bicyclic) bond motifs is 15. The van der Waals surface area contributed by atoms with Crippen molar-refractivity contribution in [3.63, 3.8) is 0 Å². The molecule has 6 heterocycles. The van der Waals surface area contributed by atoms with Crippen molar-refractivity contribution in [1.82, 2.24) is 49.8 Å². The Morgan fingerprint density at radius 3 is 0.764 bits per heavy atom. The Balaban J connectivity index is 0.000000108. The Kier molecular flexibility index (Phi) is 20.7. The van der Waals surface area contributed by atoms with Gasteiger partial charge in [0.25, 0.3) is 0 Å². The highest BCUT2D eigenvalue weighted by Crippen LogP contribution is 2.42. The molecule has 0 aliphatic carbocycles. The van der Waals surface area contributed by atoms with Gasteiger partial charge in [-0.15, -0.1) is 0 Å². The minimum atomic E-state index is 0.648. The molecule has 0 bridgehead atoms. The minimum absolute atomic E-state index is 0.648. The number of rotatable bonds is 11. The number of para-hydroxylation sites is 1. The highest BCUT2D eigenvalue weighted by atomic mass is 14.9. The lowest BCUT2D eigenvalue weighted by atomic mass is 9.97. The molecule has 0 unspecified atom stereocenters. The lowest BCUT2D eigenvalue weighted by Gasteiger charge is -2.12. The third-order valence-corrected chi connectivity index (χ3v) is 28.2. The monoisotopic (exact) mass is 1830 g/mol. The van der Waals surface area contributed by atoms with Crippen LogP contribution in [0.1, 0.15) is 0 Å². The van der Waals surface area contributed by atoms with Crippen molar-refractivity contribution in [2.45, 2.75) is 0 Å². The van der Waals surface area contributed by atoms with Crippen molar-refractivity contribution in [3.8, 4) is 124 Å². The molecular weight excluding hydrogens is 1750 g/mol. The number of benzene rings is 23. The van der Waals surface area contributed by atoms with E-state index in [9.17, 15) is 0 Å². The standard InChI is InChI=1S/2C47H29N3.C40H24N4/c1-3-9-35-25-41-27-39(20-18-37(41)23-33(35)7-1)44-29-45(40-21-19-38-24-34-8-2-4-10-36(34)26-42(38)28-40)50-47(49-44)32-16-14-30(15-17-32)43-13-5-11-31-12-6-22-48-46(31)43;1-3-8-34-24-41-26-38(18-16-36(41)22-32(34)6-1)45-28-46(39-19-17-37-23-33-7-2-4-9-35(33)25-42(37)27-39)50-47(49-45)31-14-12-30(13-15-31)43-11-5-10-40-29-48-21-20-44(40)43;1-3-8-27-18-33-20-31(14-12-29(33)16-25(27)6-1)38-22-39(44-40(43-38)35-10-5-11-37-36(35)23-41-24-42-37)32-15-13-30-17-26-7-2-4-9-28(26)19-34(30)21-32/h2*1-29H;1-24H. The highest BCUT2D eigenvalue weighted by Gasteiger charge is 2.21. The van der Waals surface area contributed by atoms with Crippen LogP contribution in [-0.2, 0) is 0 Å². The summed E-state index contributed by atoms with van der Waals surface area (Å²) in [5, 5.41) is 33.5. The van der Waals surface area contributed by atoms with Gasteiger partial charge < -0.3 is 0 Å². The van der Waals surface area contributed by atoms with Crippen molar-refractivity contribution in [2.75, 3.05) is 0 Å². The van der Waals surface area contributed by atoms with Crippen molar-refractivity contribution in [1.29, 1.82) is 0 Å². The van der Waals surface area contributed by atoms with Gasteiger partial charge in [-0.05, 0) is 297 Å². The molecule has 0 saturated heterocycles. The van der Waals surface area contributed by atoms with E-state index in [1.54, 1.807) is 6.33 Å². The van der Waals surface area contributed by atoms with Crippen LogP contribution in [0.2, 0.25) is 0 Å². The van der Waals surface area contributed by atoms with Gasteiger partial charge in [0.15, 0.2) is 17.5 Å². The van der Waals surface area contributed by atoms with Crippen LogP contribution in [-0.4, -0.2) is 49.8 Å². The molecule has 0 fully saturated rings. The average Bonchev–Trinajstić information content (AvgIpc) is 0.768. The fraction of sp³-hybridized carbons (Fsp3) is 0. The van der Waals surface area contributed by atoms with E-state index < -0.39 is 0 Å². The molecule has 6 aromatic heterocycles. The molecule has 0 aliphatic rings. The summed E-state index contributed by atoms with van der Waals surface area (Å²) in [4.78, 5) is 48.9. The van der Waals surface area contributed by atoms with Gasteiger partial charge >= 0.3 is 0 Å². The largest absolute Gasteiger partial charge is 0.264 e. The van der Waals surface area contributed by atoms with Crippen molar-refractivity contribution < 1.29 is 0 Å². The van der Waals surface area contributed by atoms with E-state index >= 15 is 0 Å². The van der Waals surface area contributed by atoms with E-state index in [1.165, 1.54) is 140 Å². The first-order chi connectivity index (χ1) is 71.2. The molecule has 0 atom stereocenters. The maximum absolute atomic E-state index is 5.20. The zero-order valence-electron chi connectivity index (χ0n) is 77.8. The third-order valence-electron chi connectivity index (χ3n) is 28.2. The summed E-state index contributed by atoms with van der Waals surface area (Å²) in [6.45, 7) is 0. The first-order valence-electron chi connectivity index (χ1n) is 48.5. The first kappa shape index (κ1) is 83.9. The third kappa shape index (κ3) is 16.1. The number of aromatic nitrogens is 10. The molecule has 0 spiro atoms. The van der Waals surface area contributed by atoms with Gasteiger partial charge in [0.05, 0.1) is 45.2 Å². The Hall–Kier alpha value is -19.4. The van der Waals surface area contributed by atoms with Crippen molar-refractivity contribution in [3.05, 3.63) is 498 Å². The Labute approximate surface area is 828 Å². The molecule has 0 saturated carbocycles. The molecule has 10 nitrogen and oxygen atoms in total. The quantitative estimate of drug-likeness (QED) is 0.115. The molecule has 668 valence electrons. The van der Waals surface area contributed by atoms with Crippen LogP contribution in [0.3, 0.4) is 0 Å². The highest BCUT2D eigenvalue weighted by molar-refractivity contribution is 6.08. The SMILES string of the molecule is c1ccc2cc3cc(-c4cc(-c5ccc6cc7ccccc7cc6c5)nc(-c5ccc(-c6cccc7cccnc67)cc5)n4)ccc3cc2c1.c1ccc2cc3cc(-c4cc(-c5ccc6cc7ccccc7cc6c5)nc(-c5ccc(-c6cccc7cnccc67)cc5)n4)ccc3cc2c1.c1ccc2cc3cc(-c4cc(-c5ccc6cc7ccccc7cc6c5)nc(-c5cccc6ncncc56)n4)ccc3cc2c1. The lowest BCUT2D eigenvalue weighted by molar-refractivity contribution is 1.18. The maximum atomic E-state index is 5.20.